The predicted molar refractivity (Wildman–Crippen MR) is 88.8 cm³/mol. The summed E-state index contributed by atoms with van der Waals surface area (Å²) in [5.74, 6) is -1.46. The minimum Gasteiger partial charge on any atom is -0.389 e. The largest absolute Gasteiger partial charge is 0.389 e. The zero-order valence-corrected chi connectivity index (χ0v) is 15.6. The van der Waals surface area contributed by atoms with Crippen molar-refractivity contribution in [3.8, 4) is 0 Å². The highest BCUT2D eigenvalue weighted by Crippen LogP contribution is 2.44. The number of hydrogen-bond acceptors (Lipinski definition) is 7. The van der Waals surface area contributed by atoms with Crippen LogP contribution in [0.1, 0.15) is 47.0 Å². The number of β-amino-alcohol motifs (C(OH)–C–C–N with tert-alkyl or cyclic N) is 1. The second-order valence-corrected chi connectivity index (χ2v) is 8.56. The van der Waals surface area contributed by atoms with E-state index in [1.54, 1.807) is 0 Å². The molecule has 0 bridgehead atoms. The van der Waals surface area contributed by atoms with Crippen molar-refractivity contribution in [3.05, 3.63) is 0 Å². The standard InChI is InChI=1S/C18H31NO6/c1-17(2)22-13-12(11(20)10-19-8-6-5-7-9-19)21-16-15(14(13)23-17)24-18(3,4)25-16/h11-16,20H,5-10H2,1-4H3/t11-,12-,13+,14+,15-,16-/m1/s1. The van der Waals surface area contributed by atoms with Gasteiger partial charge in [-0.25, -0.2) is 0 Å². The van der Waals surface area contributed by atoms with Gasteiger partial charge in [0.2, 0.25) is 0 Å². The van der Waals surface area contributed by atoms with Crippen molar-refractivity contribution in [2.24, 2.45) is 0 Å². The number of ether oxygens (including phenoxy) is 5. The van der Waals surface area contributed by atoms with Crippen LogP contribution in [0.25, 0.3) is 0 Å². The Labute approximate surface area is 149 Å². The molecule has 4 aliphatic rings. The van der Waals surface area contributed by atoms with Crippen LogP contribution in [0, 0.1) is 0 Å². The van der Waals surface area contributed by atoms with Crippen LogP contribution in [-0.4, -0.2) is 78.0 Å². The number of fused-ring (bicyclic) bond motifs is 3. The molecular weight excluding hydrogens is 326 g/mol. The first kappa shape index (κ1) is 18.1. The third-order valence-corrected chi connectivity index (χ3v) is 5.46. The first-order chi connectivity index (χ1) is 11.7. The van der Waals surface area contributed by atoms with E-state index < -0.39 is 30.1 Å². The molecule has 4 saturated heterocycles. The van der Waals surface area contributed by atoms with Crippen LogP contribution >= 0.6 is 0 Å². The molecule has 4 aliphatic heterocycles. The Balaban J connectivity index is 1.51. The number of hydrogen-bond donors (Lipinski definition) is 1. The summed E-state index contributed by atoms with van der Waals surface area (Å²) in [6.07, 6.45) is 0.926. The van der Waals surface area contributed by atoms with E-state index in [9.17, 15) is 5.11 Å². The van der Waals surface area contributed by atoms with Crippen molar-refractivity contribution < 1.29 is 28.8 Å². The van der Waals surface area contributed by atoms with Crippen LogP contribution in [0.2, 0.25) is 0 Å². The lowest BCUT2D eigenvalue weighted by Gasteiger charge is -2.40. The lowest BCUT2D eigenvalue weighted by molar-refractivity contribution is -0.253. The van der Waals surface area contributed by atoms with Crippen molar-refractivity contribution in [1.82, 2.24) is 4.90 Å². The zero-order valence-electron chi connectivity index (χ0n) is 15.6. The fourth-order valence-corrected chi connectivity index (χ4v) is 4.46. The van der Waals surface area contributed by atoms with Crippen LogP contribution < -0.4 is 0 Å². The summed E-state index contributed by atoms with van der Waals surface area (Å²) < 4.78 is 30.2. The van der Waals surface area contributed by atoms with Gasteiger partial charge in [-0.2, -0.15) is 0 Å². The highest BCUT2D eigenvalue weighted by Gasteiger charge is 2.61. The lowest BCUT2D eigenvalue weighted by atomic mass is 9.95. The van der Waals surface area contributed by atoms with Gasteiger partial charge < -0.3 is 33.7 Å². The highest BCUT2D eigenvalue weighted by atomic mass is 16.9. The molecule has 6 atom stereocenters. The summed E-state index contributed by atoms with van der Waals surface area (Å²) in [7, 11) is 0. The van der Waals surface area contributed by atoms with E-state index in [-0.39, 0.29) is 18.3 Å². The smallest absolute Gasteiger partial charge is 0.190 e. The van der Waals surface area contributed by atoms with Gasteiger partial charge in [-0.1, -0.05) is 6.42 Å². The minimum atomic E-state index is -0.733. The molecule has 0 aromatic carbocycles. The Morgan fingerprint density at radius 1 is 0.880 bits per heavy atom. The predicted octanol–water partition coefficient (Wildman–Crippen LogP) is 1.23. The van der Waals surface area contributed by atoms with Gasteiger partial charge in [0.1, 0.15) is 24.4 Å². The molecule has 0 aromatic rings. The fraction of sp³-hybridized carbons (Fsp3) is 1.00. The molecule has 0 unspecified atom stereocenters. The second-order valence-electron chi connectivity index (χ2n) is 8.56. The summed E-state index contributed by atoms with van der Waals surface area (Å²) in [5.41, 5.74) is 0. The molecule has 0 amide bonds. The molecule has 0 aliphatic carbocycles. The van der Waals surface area contributed by atoms with Gasteiger partial charge in [-0.15, -0.1) is 0 Å². The zero-order chi connectivity index (χ0) is 17.8. The monoisotopic (exact) mass is 357 g/mol. The quantitative estimate of drug-likeness (QED) is 0.815. The third kappa shape index (κ3) is 3.60. The van der Waals surface area contributed by atoms with Crippen LogP contribution in [0.15, 0.2) is 0 Å². The van der Waals surface area contributed by atoms with Crippen LogP contribution in [0.5, 0.6) is 0 Å². The number of likely N-dealkylation sites (tertiary alicyclic amines) is 1. The first-order valence-electron chi connectivity index (χ1n) is 9.51. The first-order valence-corrected chi connectivity index (χ1v) is 9.51. The molecule has 4 rings (SSSR count). The molecule has 4 heterocycles. The van der Waals surface area contributed by atoms with Gasteiger partial charge in [-0.3, -0.25) is 0 Å². The van der Waals surface area contributed by atoms with Gasteiger partial charge >= 0.3 is 0 Å². The normalized spacial score (nSPS) is 44.3. The number of piperidine rings is 1. The number of nitrogens with zero attached hydrogens (tertiary/aromatic N) is 1. The molecule has 25 heavy (non-hydrogen) atoms. The molecule has 0 radical (unpaired) electrons. The summed E-state index contributed by atoms with van der Waals surface area (Å²) in [4.78, 5) is 2.30. The summed E-state index contributed by atoms with van der Waals surface area (Å²) in [6.45, 7) is 10.1. The van der Waals surface area contributed by atoms with Crippen LogP contribution in [0.3, 0.4) is 0 Å². The van der Waals surface area contributed by atoms with E-state index in [4.69, 9.17) is 23.7 Å². The van der Waals surface area contributed by atoms with Gasteiger partial charge in [0.15, 0.2) is 17.9 Å². The van der Waals surface area contributed by atoms with E-state index in [1.807, 2.05) is 27.7 Å². The molecule has 0 aromatic heterocycles. The summed E-state index contributed by atoms with van der Waals surface area (Å²) in [6, 6.07) is 0. The van der Waals surface area contributed by atoms with E-state index in [1.165, 1.54) is 19.3 Å². The average molecular weight is 357 g/mol. The molecule has 7 nitrogen and oxygen atoms in total. The maximum atomic E-state index is 10.9. The highest BCUT2D eigenvalue weighted by molar-refractivity contribution is 5.02. The minimum absolute atomic E-state index is 0.309. The second kappa shape index (κ2) is 6.41. The van der Waals surface area contributed by atoms with E-state index in [0.29, 0.717) is 6.54 Å². The fourth-order valence-electron chi connectivity index (χ4n) is 4.46. The van der Waals surface area contributed by atoms with Crippen molar-refractivity contribution in [1.29, 1.82) is 0 Å². The van der Waals surface area contributed by atoms with Gasteiger partial charge in [-0.05, 0) is 53.6 Å². The SMILES string of the molecule is CC1(C)O[C@@H]2[C@H](O1)[C@H]1OC(C)(C)O[C@H]1O[C@@H]2[C@H](O)CN1CCCCC1. The van der Waals surface area contributed by atoms with E-state index >= 15 is 0 Å². The number of aliphatic hydroxyl groups excluding tert-OH is 1. The Morgan fingerprint density at radius 3 is 2.20 bits per heavy atom. The lowest BCUT2D eigenvalue weighted by Crippen LogP contribution is -2.60. The van der Waals surface area contributed by atoms with Crippen molar-refractivity contribution in [2.45, 2.75) is 95.3 Å². The molecule has 4 fully saturated rings. The average Bonchev–Trinajstić information content (AvgIpc) is 3.01. The Hall–Kier alpha value is -0.280. The van der Waals surface area contributed by atoms with Gasteiger partial charge in [0, 0.05) is 6.54 Å². The van der Waals surface area contributed by atoms with Crippen molar-refractivity contribution in [2.75, 3.05) is 19.6 Å². The Bertz CT molecular complexity index is 492. The molecule has 0 spiro atoms. The topological polar surface area (TPSA) is 69.6 Å². The van der Waals surface area contributed by atoms with Gasteiger partial charge in [0.05, 0.1) is 6.10 Å². The van der Waals surface area contributed by atoms with Crippen molar-refractivity contribution >= 4 is 0 Å². The molecule has 0 saturated carbocycles. The van der Waals surface area contributed by atoms with Crippen LogP contribution in [-0.2, 0) is 23.7 Å². The third-order valence-electron chi connectivity index (χ3n) is 5.46. The van der Waals surface area contributed by atoms with Gasteiger partial charge in [0.25, 0.3) is 0 Å². The Kier molecular flexibility index (Phi) is 4.64. The summed E-state index contributed by atoms with van der Waals surface area (Å²) in [5, 5.41) is 10.9. The maximum absolute atomic E-state index is 10.9. The van der Waals surface area contributed by atoms with Crippen LogP contribution in [0.4, 0.5) is 0 Å². The summed E-state index contributed by atoms with van der Waals surface area (Å²) >= 11 is 0. The maximum Gasteiger partial charge on any atom is 0.190 e. The molecule has 7 heteroatoms. The van der Waals surface area contributed by atoms with E-state index in [2.05, 4.69) is 4.90 Å². The van der Waals surface area contributed by atoms with E-state index in [0.717, 1.165) is 13.1 Å². The molecule has 1 N–H and O–H groups in total. The number of rotatable bonds is 3. The Morgan fingerprint density at radius 2 is 1.48 bits per heavy atom. The molecular formula is C18H31NO6. The number of aliphatic hydroxyl groups is 1. The van der Waals surface area contributed by atoms with Crippen molar-refractivity contribution in [3.63, 3.8) is 0 Å². The molecule has 144 valence electrons.